The first-order valence-corrected chi connectivity index (χ1v) is 7.44. The molecule has 0 aromatic carbocycles. The maximum Gasteiger partial charge on any atom is 0.310 e. The molecule has 1 aliphatic rings. The lowest BCUT2D eigenvalue weighted by Gasteiger charge is -2.28. The highest BCUT2D eigenvalue weighted by Crippen LogP contribution is 2.17. The van der Waals surface area contributed by atoms with E-state index in [9.17, 15) is 9.59 Å². The highest BCUT2D eigenvalue weighted by Gasteiger charge is 2.30. The Balaban J connectivity index is 2.63. The monoisotopic (exact) mass is 285 g/mol. The number of nitrogens with zero attached hydrogens (tertiary/aromatic N) is 1. The summed E-state index contributed by atoms with van der Waals surface area (Å²) in [5.74, 6) is -0.0562. The second-order valence-electron chi connectivity index (χ2n) is 5.89. The van der Waals surface area contributed by atoms with E-state index in [4.69, 9.17) is 9.47 Å². The number of ether oxygens (including phenoxy) is 2. The molecule has 0 aromatic heterocycles. The lowest BCUT2D eigenvalue weighted by atomic mass is 10.1. The molecule has 1 saturated heterocycles. The summed E-state index contributed by atoms with van der Waals surface area (Å²) in [4.78, 5) is 25.8. The molecule has 0 bridgehead atoms. The predicted octanol–water partition coefficient (Wildman–Crippen LogP) is 1.85. The van der Waals surface area contributed by atoms with Crippen molar-refractivity contribution >= 4 is 11.9 Å². The number of amides is 1. The first-order valence-electron chi connectivity index (χ1n) is 7.44. The van der Waals surface area contributed by atoms with Crippen LogP contribution >= 0.6 is 0 Å². The van der Waals surface area contributed by atoms with E-state index in [1.165, 1.54) is 7.11 Å². The number of rotatable bonds is 7. The van der Waals surface area contributed by atoms with Crippen molar-refractivity contribution in [2.45, 2.75) is 46.1 Å². The molecule has 0 radical (unpaired) electrons. The molecule has 2 unspecified atom stereocenters. The zero-order valence-electron chi connectivity index (χ0n) is 13.1. The van der Waals surface area contributed by atoms with Crippen LogP contribution in [-0.4, -0.2) is 49.7 Å². The molecule has 1 heterocycles. The summed E-state index contributed by atoms with van der Waals surface area (Å²) >= 11 is 0. The molecular formula is C15H27NO4. The summed E-state index contributed by atoms with van der Waals surface area (Å²) in [6.45, 7) is 7.75. The van der Waals surface area contributed by atoms with E-state index >= 15 is 0 Å². The Morgan fingerprint density at radius 3 is 2.55 bits per heavy atom. The van der Waals surface area contributed by atoms with Crippen LogP contribution in [-0.2, 0) is 19.1 Å². The third-order valence-electron chi connectivity index (χ3n) is 3.59. The molecule has 0 aliphatic carbocycles. The Morgan fingerprint density at radius 1 is 1.35 bits per heavy atom. The predicted molar refractivity (Wildman–Crippen MR) is 76.2 cm³/mol. The van der Waals surface area contributed by atoms with Gasteiger partial charge in [0.2, 0.25) is 0 Å². The quantitative estimate of drug-likeness (QED) is 0.670. The summed E-state index contributed by atoms with van der Waals surface area (Å²) in [7, 11) is 1.37. The van der Waals surface area contributed by atoms with Crippen molar-refractivity contribution in [1.29, 1.82) is 0 Å². The molecule has 1 amide bonds. The lowest BCUT2D eigenvalue weighted by Crippen LogP contribution is -2.43. The van der Waals surface area contributed by atoms with E-state index in [1.807, 2.05) is 0 Å². The number of carbonyl (C=O) groups is 2. The molecule has 0 N–H and O–H groups in total. The first kappa shape index (κ1) is 17.0. The van der Waals surface area contributed by atoms with Gasteiger partial charge in [-0.1, -0.05) is 20.8 Å². The Labute approximate surface area is 121 Å². The van der Waals surface area contributed by atoms with Crippen LogP contribution in [0.4, 0.5) is 0 Å². The average molecular weight is 285 g/mol. The van der Waals surface area contributed by atoms with Gasteiger partial charge >= 0.3 is 5.97 Å². The molecular weight excluding hydrogens is 258 g/mol. The minimum Gasteiger partial charge on any atom is -0.469 e. The van der Waals surface area contributed by atoms with E-state index in [2.05, 4.69) is 13.8 Å². The largest absolute Gasteiger partial charge is 0.469 e. The fraction of sp³-hybridized carbons (Fsp3) is 0.867. The number of hydrogen-bond donors (Lipinski definition) is 0. The third kappa shape index (κ3) is 5.12. The summed E-state index contributed by atoms with van der Waals surface area (Å²) in [6.07, 6.45) is 2.31. The molecule has 2 atom stereocenters. The van der Waals surface area contributed by atoms with Crippen LogP contribution in [0.3, 0.4) is 0 Å². The van der Waals surface area contributed by atoms with Crippen LogP contribution in [0.1, 0.15) is 40.0 Å². The second-order valence-corrected chi connectivity index (χ2v) is 5.89. The van der Waals surface area contributed by atoms with Crippen molar-refractivity contribution in [2.24, 2.45) is 11.8 Å². The lowest BCUT2D eigenvalue weighted by molar-refractivity contribution is -0.148. The maximum absolute atomic E-state index is 12.5. The van der Waals surface area contributed by atoms with E-state index in [1.54, 1.807) is 11.8 Å². The fourth-order valence-corrected chi connectivity index (χ4v) is 2.29. The van der Waals surface area contributed by atoms with Crippen LogP contribution in [0.2, 0.25) is 0 Å². The molecule has 1 fully saturated rings. The summed E-state index contributed by atoms with van der Waals surface area (Å²) in [6, 6.07) is 0. The van der Waals surface area contributed by atoms with Crippen LogP contribution in [0.15, 0.2) is 0 Å². The van der Waals surface area contributed by atoms with Gasteiger partial charge in [0.1, 0.15) is 6.10 Å². The number of hydrogen-bond acceptors (Lipinski definition) is 4. The molecule has 0 saturated carbocycles. The van der Waals surface area contributed by atoms with Crippen molar-refractivity contribution < 1.29 is 19.1 Å². The van der Waals surface area contributed by atoms with Crippen molar-refractivity contribution in [3.63, 3.8) is 0 Å². The normalized spacial score (nSPS) is 19.9. The van der Waals surface area contributed by atoms with Gasteiger partial charge in [0.15, 0.2) is 0 Å². The van der Waals surface area contributed by atoms with Gasteiger partial charge in [-0.05, 0) is 25.2 Å². The standard InChI is InChI=1S/C15H27NO4/c1-11(2)7-8-16(10-12(3)15(18)19-4)14(17)13-6-5-9-20-13/h11-13H,5-10H2,1-4H3. The second kappa shape index (κ2) is 8.25. The SMILES string of the molecule is COC(=O)C(C)CN(CCC(C)C)C(=O)C1CCCO1. The Bertz CT molecular complexity index is 324. The molecule has 0 spiro atoms. The van der Waals surface area contributed by atoms with Gasteiger partial charge in [0.05, 0.1) is 13.0 Å². The molecule has 116 valence electrons. The topological polar surface area (TPSA) is 55.8 Å². The first-order chi connectivity index (χ1) is 9.45. The molecule has 1 aliphatic heterocycles. The number of carbonyl (C=O) groups excluding carboxylic acids is 2. The van der Waals surface area contributed by atoms with Gasteiger partial charge in [-0.25, -0.2) is 0 Å². The minimum atomic E-state index is -0.327. The molecule has 0 aromatic rings. The van der Waals surface area contributed by atoms with Gasteiger partial charge in [-0.2, -0.15) is 0 Å². The average Bonchev–Trinajstić information content (AvgIpc) is 2.95. The highest BCUT2D eigenvalue weighted by atomic mass is 16.5. The van der Waals surface area contributed by atoms with E-state index in [-0.39, 0.29) is 23.9 Å². The van der Waals surface area contributed by atoms with Crippen LogP contribution in [0.5, 0.6) is 0 Å². The Kier molecular flexibility index (Phi) is 6.99. The van der Waals surface area contributed by atoms with Crippen LogP contribution in [0.25, 0.3) is 0 Å². The van der Waals surface area contributed by atoms with Gasteiger partial charge in [-0.15, -0.1) is 0 Å². The highest BCUT2D eigenvalue weighted by molar-refractivity contribution is 5.82. The molecule has 20 heavy (non-hydrogen) atoms. The Morgan fingerprint density at radius 2 is 2.05 bits per heavy atom. The van der Waals surface area contributed by atoms with E-state index in [0.29, 0.717) is 25.6 Å². The van der Waals surface area contributed by atoms with Gasteiger partial charge in [0, 0.05) is 19.7 Å². The summed E-state index contributed by atoms with van der Waals surface area (Å²) < 4.78 is 10.2. The zero-order chi connectivity index (χ0) is 15.1. The maximum atomic E-state index is 12.5. The van der Waals surface area contributed by atoms with Crippen molar-refractivity contribution in [2.75, 3.05) is 26.8 Å². The number of methoxy groups -OCH3 is 1. The summed E-state index contributed by atoms with van der Waals surface area (Å²) in [5.41, 5.74) is 0. The number of esters is 1. The molecule has 5 heteroatoms. The van der Waals surface area contributed by atoms with Gasteiger partial charge in [-0.3, -0.25) is 9.59 Å². The smallest absolute Gasteiger partial charge is 0.310 e. The summed E-state index contributed by atoms with van der Waals surface area (Å²) in [5, 5.41) is 0. The van der Waals surface area contributed by atoms with Crippen LogP contribution < -0.4 is 0 Å². The molecule has 5 nitrogen and oxygen atoms in total. The Hall–Kier alpha value is -1.10. The van der Waals surface area contributed by atoms with Crippen LogP contribution in [0, 0.1) is 11.8 Å². The van der Waals surface area contributed by atoms with Gasteiger partial charge in [0.25, 0.3) is 5.91 Å². The minimum absolute atomic E-state index is 0.0129. The van der Waals surface area contributed by atoms with Gasteiger partial charge < -0.3 is 14.4 Å². The fourth-order valence-electron chi connectivity index (χ4n) is 2.29. The molecule has 1 rings (SSSR count). The van der Waals surface area contributed by atoms with E-state index in [0.717, 1.165) is 19.3 Å². The van der Waals surface area contributed by atoms with Crippen molar-refractivity contribution in [3.8, 4) is 0 Å². The third-order valence-corrected chi connectivity index (χ3v) is 3.59. The van der Waals surface area contributed by atoms with Crippen molar-refractivity contribution in [1.82, 2.24) is 4.90 Å². The van der Waals surface area contributed by atoms with Crippen molar-refractivity contribution in [3.05, 3.63) is 0 Å². The van der Waals surface area contributed by atoms with E-state index < -0.39 is 0 Å². The zero-order valence-corrected chi connectivity index (χ0v) is 13.1.